The van der Waals surface area contributed by atoms with Crippen molar-refractivity contribution in [2.45, 2.75) is 25.2 Å². The molecular formula is C29H29NO3. The van der Waals surface area contributed by atoms with Crippen LogP contribution < -0.4 is 0 Å². The van der Waals surface area contributed by atoms with E-state index in [1.54, 1.807) is 0 Å². The van der Waals surface area contributed by atoms with Crippen molar-refractivity contribution in [2.75, 3.05) is 26.3 Å². The number of rotatable bonds is 5. The van der Waals surface area contributed by atoms with Crippen LogP contribution in [0.4, 0.5) is 4.79 Å². The number of carbonyl (C=O) groups is 1. The summed E-state index contributed by atoms with van der Waals surface area (Å²) < 4.78 is 5.94. The fraction of sp³-hybridized carbons (Fsp3) is 0.345. The molecule has 2 heterocycles. The molecule has 168 valence electrons. The molecule has 33 heavy (non-hydrogen) atoms. The zero-order valence-electron chi connectivity index (χ0n) is 18.7. The first-order valence-electron chi connectivity index (χ1n) is 11.9. The van der Waals surface area contributed by atoms with Gasteiger partial charge in [0.15, 0.2) is 0 Å². The van der Waals surface area contributed by atoms with Crippen molar-refractivity contribution in [3.63, 3.8) is 0 Å². The summed E-state index contributed by atoms with van der Waals surface area (Å²) in [6.07, 6.45) is 2.62. The number of fused-ring (bicyclic) bond motifs is 5. The lowest BCUT2D eigenvalue weighted by Crippen LogP contribution is -2.66. The van der Waals surface area contributed by atoms with Crippen molar-refractivity contribution in [3.05, 3.63) is 95.6 Å². The molecule has 2 saturated heterocycles. The van der Waals surface area contributed by atoms with Crippen molar-refractivity contribution in [3.8, 4) is 11.1 Å². The largest absolute Gasteiger partial charge is 0.448 e. The molecule has 0 unspecified atom stereocenters. The minimum Gasteiger partial charge on any atom is -0.448 e. The number of aliphatic hydroxyl groups is 1. The molecule has 2 bridgehead atoms. The van der Waals surface area contributed by atoms with Crippen LogP contribution in [0.15, 0.2) is 78.9 Å². The highest BCUT2D eigenvalue weighted by Gasteiger charge is 2.60. The number of ether oxygens (including phenoxy) is 1. The van der Waals surface area contributed by atoms with Crippen LogP contribution in [0.2, 0.25) is 0 Å². The minimum absolute atomic E-state index is 0.0356. The Hall–Kier alpha value is -3.11. The van der Waals surface area contributed by atoms with Gasteiger partial charge < -0.3 is 14.7 Å². The number of amides is 1. The first kappa shape index (κ1) is 20.5. The third-order valence-electron chi connectivity index (χ3n) is 7.90. The van der Waals surface area contributed by atoms with Crippen LogP contribution in [0.25, 0.3) is 11.1 Å². The maximum Gasteiger partial charge on any atom is 0.409 e. The van der Waals surface area contributed by atoms with E-state index >= 15 is 0 Å². The van der Waals surface area contributed by atoms with Gasteiger partial charge >= 0.3 is 6.09 Å². The monoisotopic (exact) mass is 439 g/mol. The van der Waals surface area contributed by atoms with E-state index in [1.807, 2.05) is 11.0 Å². The number of carbonyl (C=O) groups excluding carboxylic acids is 1. The lowest BCUT2D eigenvalue weighted by Gasteiger charge is -2.63. The normalized spacial score (nSPS) is 25.2. The summed E-state index contributed by atoms with van der Waals surface area (Å²) in [5.41, 5.74) is 6.05. The molecule has 4 aliphatic rings. The maximum absolute atomic E-state index is 13.2. The Bertz CT molecular complexity index is 1140. The lowest BCUT2D eigenvalue weighted by atomic mass is 9.48. The van der Waals surface area contributed by atoms with Gasteiger partial charge in [0, 0.05) is 24.4 Å². The molecule has 0 spiro atoms. The van der Waals surface area contributed by atoms with Gasteiger partial charge in [-0.1, -0.05) is 78.9 Å². The van der Waals surface area contributed by atoms with E-state index in [2.05, 4.69) is 72.8 Å². The predicted molar refractivity (Wildman–Crippen MR) is 128 cm³/mol. The average molecular weight is 440 g/mol. The van der Waals surface area contributed by atoms with Crippen LogP contribution >= 0.6 is 0 Å². The Balaban J connectivity index is 1.18. The number of hydrogen-bond donors (Lipinski definition) is 1. The van der Waals surface area contributed by atoms with E-state index in [9.17, 15) is 9.90 Å². The molecule has 0 atom stereocenters. The van der Waals surface area contributed by atoms with Crippen molar-refractivity contribution in [1.29, 1.82) is 0 Å². The lowest BCUT2D eigenvalue weighted by molar-refractivity contribution is -0.147. The summed E-state index contributed by atoms with van der Waals surface area (Å²) in [6, 6.07) is 27.3. The van der Waals surface area contributed by atoms with Crippen LogP contribution in [0.5, 0.6) is 0 Å². The molecule has 3 aromatic rings. The van der Waals surface area contributed by atoms with Gasteiger partial charge in [-0.15, -0.1) is 0 Å². The molecule has 2 aliphatic carbocycles. The fourth-order valence-electron chi connectivity index (χ4n) is 6.81. The zero-order chi connectivity index (χ0) is 22.5. The number of aliphatic hydroxyl groups excluding tert-OH is 1. The first-order valence-corrected chi connectivity index (χ1v) is 11.9. The van der Waals surface area contributed by atoms with E-state index in [0.717, 1.165) is 19.3 Å². The SMILES string of the molecule is O=C(OCC1c2ccccc2-c2ccccc21)N1CC2(CO)CC(Cc3ccccc3)(C1)C2. The van der Waals surface area contributed by atoms with E-state index in [0.29, 0.717) is 19.7 Å². The van der Waals surface area contributed by atoms with Gasteiger partial charge in [-0.05, 0) is 52.5 Å². The number of benzene rings is 3. The van der Waals surface area contributed by atoms with E-state index < -0.39 is 0 Å². The topological polar surface area (TPSA) is 49.8 Å². The number of nitrogens with zero attached hydrogens (tertiary/aromatic N) is 1. The van der Waals surface area contributed by atoms with Crippen LogP contribution in [0.1, 0.15) is 35.4 Å². The molecule has 1 amide bonds. The molecule has 7 rings (SSSR count). The Morgan fingerprint density at radius 3 is 2.06 bits per heavy atom. The van der Waals surface area contributed by atoms with Gasteiger partial charge in [0.05, 0.1) is 6.61 Å². The summed E-state index contributed by atoms with van der Waals surface area (Å²) in [5, 5.41) is 10.1. The van der Waals surface area contributed by atoms with Crippen molar-refractivity contribution in [2.24, 2.45) is 10.8 Å². The molecule has 4 heteroatoms. The van der Waals surface area contributed by atoms with Gasteiger partial charge in [-0.25, -0.2) is 4.79 Å². The Kier molecular flexibility index (Phi) is 4.81. The number of hydrogen-bond acceptors (Lipinski definition) is 3. The van der Waals surface area contributed by atoms with E-state index in [-0.39, 0.29) is 29.4 Å². The van der Waals surface area contributed by atoms with Gasteiger partial charge in [0.2, 0.25) is 0 Å². The average Bonchev–Trinajstić information content (AvgIpc) is 3.16. The van der Waals surface area contributed by atoms with Gasteiger partial charge in [-0.2, -0.15) is 0 Å². The number of piperidine rings is 2. The highest BCUT2D eigenvalue weighted by atomic mass is 16.6. The van der Waals surface area contributed by atoms with Crippen molar-refractivity contribution >= 4 is 6.09 Å². The predicted octanol–water partition coefficient (Wildman–Crippen LogP) is 5.25. The Morgan fingerprint density at radius 1 is 0.848 bits per heavy atom. The van der Waals surface area contributed by atoms with Crippen LogP contribution in [0.3, 0.4) is 0 Å². The summed E-state index contributed by atoms with van der Waals surface area (Å²) in [6.45, 7) is 1.73. The van der Waals surface area contributed by atoms with E-state index in [1.165, 1.54) is 27.8 Å². The first-order chi connectivity index (χ1) is 16.1. The summed E-state index contributed by atoms with van der Waals surface area (Å²) in [5.74, 6) is 0.0609. The second-order valence-electron chi connectivity index (χ2n) is 10.3. The smallest absolute Gasteiger partial charge is 0.409 e. The van der Waals surface area contributed by atoms with Crippen LogP contribution in [0, 0.1) is 10.8 Å². The fourth-order valence-corrected chi connectivity index (χ4v) is 6.81. The molecule has 3 aromatic carbocycles. The molecular weight excluding hydrogens is 410 g/mol. The quantitative estimate of drug-likeness (QED) is 0.591. The second kappa shape index (κ2) is 7.74. The molecule has 1 N–H and O–H groups in total. The molecule has 0 aromatic heterocycles. The Labute approximate surface area is 194 Å². The zero-order valence-corrected chi connectivity index (χ0v) is 18.7. The van der Waals surface area contributed by atoms with Crippen LogP contribution in [-0.4, -0.2) is 42.4 Å². The minimum atomic E-state index is -0.258. The third-order valence-corrected chi connectivity index (χ3v) is 7.90. The molecule has 2 aliphatic heterocycles. The standard InChI is InChI=1S/C29H29NO3/c31-20-29-16-28(17-29,14-21-8-2-1-3-9-21)18-30(19-29)27(32)33-15-26-24-12-6-4-10-22(24)23-11-5-7-13-25(23)26/h1-13,26,31H,14-20H2. The van der Waals surface area contributed by atoms with Gasteiger partial charge in [0.25, 0.3) is 0 Å². The van der Waals surface area contributed by atoms with Crippen LogP contribution in [-0.2, 0) is 11.2 Å². The molecule has 0 radical (unpaired) electrons. The van der Waals surface area contributed by atoms with Crippen molar-refractivity contribution in [1.82, 2.24) is 4.90 Å². The molecule has 3 fully saturated rings. The van der Waals surface area contributed by atoms with Gasteiger partial charge in [0.1, 0.15) is 6.61 Å². The highest BCUT2D eigenvalue weighted by Crippen LogP contribution is 2.60. The van der Waals surface area contributed by atoms with Gasteiger partial charge in [-0.3, -0.25) is 0 Å². The highest BCUT2D eigenvalue weighted by molar-refractivity contribution is 5.79. The Morgan fingerprint density at radius 2 is 1.42 bits per heavy atom. The van der Waals surface area contributed by atoms with E-state index in [4.69, 9.17) is 4.74 Å². The molecule has 4 nitrogen and oxygen atoms in total. The summed E-state index contributed by atoms with van der Waals surface area (Å²) in [7, 11) is 0. The maximum atomic E-state index is 13.2. The second-order valence-corrected chi connectivity index (χ2v) is 10.3. The van der Waals surface area contributed by atoms with Crippen molar-refractivity contribution < 1.29 is 14.6 Å². The third kappa shape index (κ3) is 3.44. The molecule has 1 saturated carbocycles. The summed E-state index contributed by atoms with van der Waals surface area (Å²) in [4.78, 5) is 15.1. The summed E-state index contributed by atoms with van der Waals surface area (Å²) >= 11 is 0.